The van der Waals surface area contributed by atoms with Crippen LogP contribution in [-0.4, -0.2) is 36.8 Å². The fraction of sp³-hybridized carbons (Fsp3) is 0.533. The first-order valence-corrected chi connectivity index (χ1v) is 10.9. The average Bonchev–Trinajstić information content (AvgIpc) is 3.24. The maximum Gasteiger partial charge on any atom is 0.252 e. The van der Waals surface area contributed by atoms with Gasteiger partial charge in [0.1, 0.15) is 4.21 Å². The normalized spacial score (nSPS) is 28.3. The fourth-order valence-corrected chi connectivity index (χ4v) is 7.31. The van der Waals surface area contributed by atoms with E-state index in [9.17, 15) is 8.42 Å². The maximum atomic E-state index is 12.9. The predicted molar refractivity (Wildman–Crippen MR) is 93.1 cm³/mol. The highest BCUT2D eigenvalue weighted by atomic mass is 32.2. The molecule has 0 amide bonds. The third-order valence-corrected chi connectivity index (χ3v) is 9.11. The standard InChI is InChI=1S/C15H19N3O2S3/c1-9-17-13(8-21-9)14-4-5-15(22-14)23(19,20)18-6-10-2-3-12(16)11(10)7-18/h4-5,8,10-12H,2-3,6-7,16H2,1H3. The molecule has 1 saturated carbocycles. The smallest absolute Gasteiger partial charge is 0.252 e. The Balaban J connectivity index is 1.59. The van der Waals surface area contributed by atoms with Crippen LogP contribution < -0.4 is 5.73 Å². The van der Waals surface area contributed by atoms with Crippen LogP contribution in [0, 0.1) is 18.8 Å². The third kappa shape index (κ3) is 2.66. The molecule has 0 aromatic carbocycles. The summed E-state index contributed by atoms with van der Waals surface area (Å²) in [4.78, 5) is 5.34. The second-order valence-electron chi connectivity index (χ2n) is 6.36. The Morgan fingerprint density at radius 2 is 2.13 bits per heavy atom. The van der Waals surface area contributed by atoms with Crippen LogP contribution in [-0.2, 0) is 10.0 Å². The van der Waals surface area contributed by atoms with Gasteiger partial charge in [0.15, 0.2) is 0 Å². The number of fused-ring (bicyclic) bond motifs is 1. The molecule has 1 aliphatic carbocycles. The van der Waals surface area contributed by atoms with Gasteiger partial charge < -0.3 is 5.73 Å². The van der Waals surface area contributed by atoms with Gasteiger partial charge in [-0.3, -0.25) is 0 Å². The van der Waals surface area contributed by atoms with Crippen molar-refractivity contribution in [3.05, 3.63) is 22.5 Å². The lowest BCUT2D eigenvalue weighted by atomic mass is 9.98. The van der Waals surface area contributed by atoms with Crippen LogP contribution in [0.25, 0.3) is 10.6 Å². The molecule has 1 aliphatic heterocycles. The van der Waals surface area contributed by atoms with Crippen molar-refractivity contribution in [2.45, 2.75) is 30.0 Å². The van der Waals surface area contributed by atoms with Crippen LogP contribution in [0.15, 0.2) is 21.7 Å². The van der Waals surface area contributed by atoms with Gasteiger partial charge in [-0.2, -0.15) is 4.31 Å². The molecular weight excluding hydrogens is 350 g/mol. The van der Waals surface area contributed by atoms with Gasteiger partial charge in [0.25, 0.3) is 10.0 Å². The van der Waals surface area contributed by atoms with E-state index in [1.807, 2.05) is 18.4 Å². The van der Waals surface area contributed by atoms with Gasteiger partial charge in [-0.15, -0.1) is 22.7 Å². The van der Waals surface area contributed by atoms with Crippen LogP contribution in [0.4, 0.5) is 0 Å². The Morgan fingerprint density at radius 3 is 2.83 bits per heavy atom. The van der Waals surface area contributed by atoms with Crippen molar-refractivity contribution in [3.8, 4) is 10.6 Å². The zero-order valence-corrected chi connectivity index (χ0v) is 15.3. The van der Waals surface area contributed by atoms with Crippen LogP contribution >= 0.6 is 22.7 Å². The lowest BCUT2D eigenvalue weighted by molar-refractivity contribution is 0.428. The molecule has 5 nitrogen and oxygen atoms in total. The molecule has 124 valence electrons. The Morgan fingerprint density at radius 1 is 1.30 bits per heavy atom. The van der Waals surface area contributed by atoms with E-state index in [2.05, 4.69) is 4.98 Å². The molecule has 23 heavy (non-hydrogen) atoms. The van der Waals surface area contributed by atoms with Gasteiger partial charge in [0.05, 0.1) is 15.6 Å². The SMILES string of the molecule is Cc1nc(-c2ccc(S(=O)(=O)N3CC4CCC(N)C4C3)s2)cs1. The number of hydrogen-bond acceptors (Lipinski definition) is 6. The molecule has 4 rings (SSSR count). The Hall–Kier alpha value is -0.800. The average molecular weight is 370 g/mol. The molecule has 0 radical (unpaired) electrons. The van der Waals surface area contributed by atoms with Crippen LogP contribution in [0.1, 0.15) is 17.8 Å². The van der Waals surface area contributed by atoms with E-state index in [1.54, 1.807) is 21.7 Å². The van der Waals surface area contributed by atoms with E-state index in [0.29, 0.717) is 29.1 Å². The number of thiazole rings is 1. The highest BCUT2D eigenvalue weighted by molar-refractivity contribution is 7.91. The summed E-state index contributed by atoms with van der Waals surface area (Å²) >= 11 is 2.88. The molecule has 8 heteroatoms. The summed E-state index contributed by atoms with van der Waals surface area (Å²) in [6.45, 7) is 3.13. The fourth-order valence-electron chi connectivity index (χ4n) is 3.66. The number of aromatic nitrogens is 1. The predicted octanol–water partition coefficient (Wildman–Crippen LogP) is 2.54. The molecule has 1 saturated heterocycles. The number of aryl methyl sites for hydroxylation is 1. The largest absolute Gasteiger partial charge is 0.327 e. The van der Waals surface area contributed by atoms with Crippen LogP contribution in [0.2, 0.25) is 0 Å². The highest BCUT2D eigenvalue weighted by Crippen LogP contribution is 2.40. The maximum absolute atomic E-state index is 12.9. The van der Waals surface area contributed by atoms with Crippen molar-refractivity contribution in [2.24, 2.45) is 17.6 Å². The molecule has 2 N–H and O–H groups in total. The summed E-state index contributed by atoms with van der Waals surface area (Å²) in [5.41, 5.74) is 6.98. The second kappa shape index (κ2) is 5.63. The summed E-state index contributed by atoms with van der Waals surface area (Å²) in [6.07, 6.45) is 2.07. The minimum Gasteiger partial charge on any atom is -0.327 e. The number of rotatable bonds is 3. The summed E-state index contributed by atoms with van der Waals surface area (Å²) < 4.78 is 27.8. The number of sulfonamides is 1. The Labute approximate surface area is 144 Å². The van der Waals surface area contributed by atoms with Gasteiger partial charge in [-0.1, -0.05) is 0 Å². The van der Waals surface area contributed by atoms with Crippen LogP contribution in [0.3, 0.4) is 0 Å². The molecule has 2 aromatic rings. The molecule has 2 aromatic heterocycles. The van der Waals surface area contributed by atoms with E-state index in [-0.39, 0.29) is 6.04 Å². The summed E-state index contributed by atoms with van der Waals surface area (Å²) in [6, 6.07) is 3.71. The first kappa shape index (κ1) is 15.7. The lowest BCUT2D eigenvalue weighted by Gasteiger charge is -2.17. The first-order valence-electron chi connectivity index (χ1n) is 7.73. The van der Waals surface area contributed by atoms with Crippen molar-refractivity contribution in [1.82, 2.24) is 9.29 Å². The summed E-state index contributed by atoms with van der Waals surface area (Å²) in [5.74, 6) is 0.755. The van der Waals surface area contributed by atoms with E-state index in [1.165, 1.54) is 11.3 Å². The number of hydrogen-bond donors (Lipinski definition) is 1. The van der Waals surface area contributed by atoms with Gasteiger partial charge in [0, 0.05) is 24.5 Å². The third-order valence-electron chi connectivity index (χ3n) is 4.93. The molecule has 0 spiro atoms. The molecule has 0 bridgehead atoms. The monoisotopic (exact) mass is 369 g/mol. The topological polar surface area (TPSA) is 76.3 Å². The van der Waals surface area contributed by atoms with Crippen LogP contribution in [0.5, 0.6) is 0 Å². The van der Waals surface area contributed by atoms with Crippen molar-refractivity contribution in [3.63, 3.8) is 0 Å². The molecule has 3 unspecified atom stereocenters. The van der Waals surface area contributed by atoms with Gasteiger partial charge in [0.2, 0.25) is 0 Å². The second-order valence-corrected chi connectivity index (χ2v) is 10.7. The molecule has 2 fully saturated rings. The van der Waals surface area contributed by atoms with Gasteiger partial charge in [-0.25, -0.2) is 13.4 Å². The van der Waals surface area contributed by atoms with Crippen molar-refractivity contribution in [2.75, 3.05) is 13.1 Å². The summed E-state index contributed by atoms with van der Waals surface area (Å²) in [5, 5.41) is 2.95. The molecule has 3 heterocycles. The molecule has 3 atom stereocenters. The quantitative estimate of drug-likeness (QED) is 0.902. The summed E-state index contributed by atoms with van der Waals surface area (Å²) in [7, 11) is -3.41. The van der Waals surface area contributed by atoms with Gasteiger partial charge in [-0.05, 0) is 43.7 Å². The van der Waals surface area contributed by atoms with E-state index in [0.717, 1.165) is 28.4 Å². The van der Waals surface area contributed by atoms with E-state index >= 15 is 0 Å². The van der Waals surface area contributed by atoms with Gasteiger partial charge >= 0.3 is 0 Å². The van der Waals surface area contributed by atoms with Crippen molar-refractivity contribution in [1.29, 1.82) is 0 Å². The number of nitrogens with two attached hydrogens (primary N) is 1. The minimum atomic E-state index is -3.41. The Bertz CT molecular complexity index is 827. The zero-order valence-electron chi connectivity index (χ0n) is 12.8. The van der Waals surface area contributed by atoms with Crippen molar-refractivity contribution < 1.29 is 8.42 Å². The number of thiophene rings is 1. The number of nitrogens with zero attached hydrogens (tertiary/aromatic N) is 2. The zero-order chi connectivity index (χ0) is 16.2. The minimum absolute atomic E-state index is 0.150. The highest BCUT2D eigenvalue weighted by Gasteiger charge is 2.45. The van der Waals surface area contributed by atoms with Crippen molar-refractivity contribution >= 4 is 32.7 Å². The first-order chi connectivity index (χ1) is 10.9. The van der Waals surface area contributed by atoms with E-state index in [4.69, 9.17) is 5.73 Å². The lowest BCUT2D eigenvalue weighted by Crippen LogP contribution is -2.33. The molecular formula is C15H19N3O2S3. The molecule has 2 aliphatic rings. The Kier molecular flexibility index (Phi) is 3.85. The van der Waals surface area contributed by atoms with E-state index < -0.39 is 10.0 Å².